The summed E-state index contributed by atoms with van der Waals surface area (Å²) in [6.45, 7) is 1.92. The third kappa shape index (κ3) is 4.13. The molecule has 0 spiro atoms. The van der Waals surface area contributed by atoms with Gasteiger partial charge in [-0.3, -0.25) is 4.79 Å². The lowest BCUT2D eigenvalue weighted by Crippen LogP contribution is -2.39. The van der Waals surface area contributed by atoms with E-state index in [4.69, 9.17) is 4.42 Å². The first-order chi connectivity index (χ1) is 11.4. The van der Waals surface area contributed by atoms with Gasteiger partial charge in [0.1, 0.15) is 11.6 Å². The summed E-state index contributed by atoms with van der Waals surface area (Å²) in [6, 6.07) is 7.31. The van der Waals surface area contributed by atoms with E-state index in [9.17, 15) is 14.0 Å². The lowest BCUT2D eigenvalue weighted by Gasteiger charge is -2.21. The van der Waals surface area contributed by atoms with E-state index in [1.54, 1.807) is 32.2 Å². The summed E-state index contributed by atoms with van der Waals surface area (Å²) in [7, 11) is 3.08. The number of nitrogens with one attached hydrogen (secondary N) is 2. The molecule has 6 nitrogen and oxygen atoms in total. The highest BCUT2D eigenvalue weighted by molar-refractivity contribution is 5.90. The van der Waals surface area contributed by atoms with Crippen LogP contribution in [0.4, 0.5) is 14.9 Å². The Morgan fingerprint density at radius 2 is 2.08 bits per heavy atom. The van der Waals surface area contributed by atoms with Gasteiger partial charge in [-0.25, -0.2) is 9.18 Å². The summed E-state index contributed by atoms with van der Waals surface area (Å²) in [4.78, 5) is 25.1. The van der Waals surface area contributed by atoms with Gasteiger partial charge in [0.05, 0.1) is 17.9 Å². The van der Waals surface area contributed by atoms with E-state index in [-0.39, 0.29) is 24.1 Å². The van der Waals surface area contributed by atoms with Crippen molar-refractivity contribution < 1.29 is 18.4 Å². The SMILES string of the molecule is CNC(=O)[C@@H](C)CN(C)C(=O)Nc1cc(-c2ccco2)ccc1F. The number of nitrogens with zero attached hydrogens (tertiary/aromatic N) is 1. The Balaban J connectivity index is 2.08. The van der Waals surface area contributed by atoms with Gasteiger partial charge >= 0.3 is 6.03 Å². The number of amides is 3. The van der Waals surface area contributed by atoms with Crippen molar-refractivity contribution in [1.82, 2.24) is 10.2 Å². The van der Waals surface area contributed by atoms with Crippen LogP contribution in [-0.4, -0.2) is 37.5 Å². The Morgan fingerprint density at radius 1 is 1.33 bits per heavy atom. The van der Waals surface area contributed by atoms with Crippen molar-refractivity contribution in [2.45, 2.75) is 6.92 Å². The minimum Gasteiger partial charge on any atom is -0.464 e. The van der Waals surface area contributed by atoms with Crippen molar-refractivity contribution in [2.24, 2.45) is 5.92 Å². The lowest BCUT2D eigenvalue weighted by atomic mass is 10.1. The number of rotatable bonds is 5. The smallest absolute Gasteiger partial charge is 0.321 e. The molecule has 0 saturated carbocycles. The maximum absolute atomic E-state index is 14.0. The van der Waals surface area contributed by atoms with Crippen molar-refractivity contribution >= 4 is 17.6 Å². The molecule has 0 aliphatic heterocycles. The first-order valence-electron chi connectivity index (χ1n) is 7.49. The maximum Gasteiger partial charge on any atom is 0.321 e. The molecule has 0 aliphatic carbocycles. The third-order valence-corrected chi connectivity index (χ3v) is 3.60. The Hall–Kier alpha value is -2.83. The molecule has 7 heteroatoms. The molecule has 0 fully saturated rings. The largest absolute Gasteiger partial charge is 0.464 e. The number of furan rings is 1. The lowest BCUT2D eigenvalue weighted by molar-refractivity contribution is -0.124. The molecule has 0 bridgehead atoms. The zero-order valence-electron chi connectivity index (χ0n) is 13.8. The number of anilines is 1. The Bertz CT molecular complexity index is 716. The molecule has 128 valence electrons. The molecule has 24 heavy (non-hydrogen) atoms. The Morgan fingerprint density at radius 3 is 2.71 bits per heavy atom. The maximum atomic E-state index is 14.0. The predicted octanol–water partition coefficient (Wildman–Crippen LogP) is 2.93. The van der Waals surface area contributed by atoms with Crippen LogP contribution in [-0.2, 0) is 4.79 Å². The number of benzene rings is 1. The second kappa shape index (κ2) is 7.63. The third-order valence-electron chi connectivity index (χ3n) is 3.60. The van der Waals surface area contributed by atoms with Crippen LogP contribution in [0.15, 0.2) is 41.0 Å². The number of hydrogen-bond donors (Lipinski definition) is 2. The molecule has 2 N–H and O–H groups in total. The van der Waals surface area contributed by atoms with Crippen LogP contribution in [0, 0.1) is 11.7 Å². The number of hydrogen-bond acceptors (Lipinski definition) is 3. The van der Waals surface area contributed by atoms with Gasteiger partial charge in [0.2, 0.25) is 5.91 Å². The van der Waals surface area contributed by atoms with E-state index < -0.39 is 11.8 Å². The van der Waals surface area contributed by atoms with E-state index in [2.05, 4.69) is 10.6 Å². The summed E-state index contributed by atoms with van der Waals surface area (Å²) in [5, 5.41) is 5.04. The molecule has 2 aromatic rings. The Labute approximate surface area is 139 Å². The fourth-order valence-electron chi connectivity index (χ4n) is 2.25. The average molecular weight is 333 g/mol. The highest BCUT2D eigenvalue weighted by atomic mass is 19.1. The quantitative estimate of drug-likeness (QED) is 0.883. The molecule has 1 aromatic carbocycles. The van der Waals surface area contributed by atoms with Crippen LogP contribution in [0.2, 0.25) is 0 Å². The monoisotopic (exact) mass is 333 g/mol. The van der Waals surface area contributed by atoms with Gasteiger partial charge < -0.3 is 20.0 Å². The van der Waals surface area contributed by atoms with Gasteiger partial charge in [-0.05, 0) is 30.3 Å². The molecule has 1 heterocycles. The van der Waals surface area contributed by atoms with Gasteiger partial charge in [0.25, 0.3) is 0 Å². The molecule has 0 radical (unpaired) electrons. The zero-order valence-corrected chi connectivity index (χ0v) is 13.8. The number of carbonyl (C=O) groups is 2. The molecule has 3 amide bonds. The van der Waals surface area contributed by atoms with Crippen molar-refractivity contribution in [3.8, 4) is 11.3 Å². The summed E-state index contributed by atoms with van der Waals surface area (Å²) in [6.07, 6.45) is 1.52. The van der Waals surface area contributed by atoms with E-state index >= 15 is 0 Å². The minimum absolute atomic E-state index is 0.0494. The highest BCUT2D eigenvalue weighted by Crippen LogP contribution is 2.25. The molecule has 0 aliphatic rings. The van der Waals surface area contributed by atoms with Crippen LogP contribution in [0.5, 0.6) is 0 Å². The fraction of sp³-hybridized carbons (Fsp3) is 0.294. The van der Waals surface area contributed by atoms with Gasteiger partial charge in [-0.15, -0.1) is 0 Å². The summed E-state index contributed by atoms with van der Waals surface area (Å²) in [5.41, 5.74) is 0.700. The van der Waals surface area contributed by atoms with E-state index in [0.717, 1.165) is 0 Å². The van der Waals surface area contributed by atoms with Crippen LogP contribution in [0.1, 0.15) is 6.92 Å². The first-order valence-corrected chi connectivity index (χ1v) is 7.49. The van der Waals surface area contributed by atoms with Crippen molar-refractivity contribution in [3.05, 3.63) is 42.4 Å². The second-order valence-corrected chi connectivity index (χ2v) is 5.50. The molecular formula is C17H20FN3O3. The van der Waals surface area contributed by atoms with Crippen LogP contribution < -0.4 is 10.6 Å². The van der Waals surface area contributed by atoms with Gasteiger partial charge in [-0.1, -0.05) is 6.92 Å². The highest BCUT2D eigenvalue weighted by Gasteiger charge is 2.18. The zero-order chi connectivity index (χ0) is 17.7. The summed E-state index contributed by atoms with van der Waals surface area (Å²) < 4.78 is 19.2. The normalized spacial score (nSPS) is 11.7. The minimum atomic E-state index is -0.550. The number of halogens is 1. The van der Waals surface area contributed by atoms with Gasteiger partial charge in [0.15, 0.2) is 0 Å². The molecule has 0 unspecified atom stereocenters. The van der Waals surface area contributed by atoms with Gasteiger partial charge in [0, 0.05) is 26.2 Å². The first kappa shape index (κ1) is 17.5. The summed E-state index contributed by atoms with van der Waals surface area (Å²) >= 11 is 0. The average Bonchev–Trinajstić information content (AvgIpc) is 3.10. The van der Waals surface area contributed by atoms with Crippen LogP contribution in [0.25, 0.3) is 11.3 Å². The molecule has 1 atom stereocenters. The van der Waals surface area contributed by atoms with Crippen LogP contribution in [0.3, 0.4) is 0 Å². The van der Waals surface area contributed by atoms with Crippen molar-refractivity contribution in [2.75, 3.05) is 26.0 Å². The van der Waals surface area contributed by atoms with Crippen LogP contribution >= 0.6 is 0 Å². The summed E-state index contributed by atoms with van der Waals surface area (Å²) in [5.74, 6) is -0.510. The molecule has 2 rings (SSSR count). The standard InChI is InChI=1S/C17H20FN3O3/c1-11(16(22)19-2)10-21(3)17(23)20-14-9-12(6-7-13(14)18)15-5-4-8-24-15/h4-9,11H,10H2,1-3H3,(H,19,22)(H,20,23)/t11-/m0/s1. The second-order valence-electron chi connectivity index (χ2n) is 5.50. The van der Waals surface area contributed by atoms with Crippen molar-refractivity contribution in [3.63, 3.8) is 0 Å². The molecule has 0 saturated heterocycles. The predicted molar refractivity (Wildman–Crippen MR) is 89.0 cm³/mol. The van der Waals surface area contributed by atoms with E-state index in [1.807, 2.05) is 0 Å². The van der Waals surface area contributed by atoms with E-state index in [1.165, 1.54) is 30.3 Å². The molecule has 1 aromatic heterocycles. The van der Waals surface area contributed by atoms with E-state index in [0.29, 0.717) is 11.3 Å². The molecular weight excluding hydrogens is 313 g/mol. The van der Waals surface area contributed by atoms with Gasteiger partial charge in [-0.2, -0.15) is 0 Å². The number of carbonyl (C=O) groups excluding carboxylic acids is 2. The van der Waals surface area contributed by atoms with Crippen molar-refractivity contribution in [1.29, 1.82) is 0 Å². The number of urea groups is 1. The Kier molecular flexibility index (Phi) is 5.57. The topological polar surface area (TPSA) is 74.6 Å². The fourth-order valence-corrected chi connectivity index (χ4v) is 2.25.